The first-order chi connectivity index (χ1) is 9.45. The largest absolute Gasteiger partial charge is 0.416 e. The van der Waals surface area contributed by atoms with Crippen LogP contribution in [0, 0.1) is 0 Å². The molecule has 1 unspecified atom stereocenters. The molecule has 2 nitrogen and oxygen atoms in total. The molecule has 0 aliphatic heterocycles. The van der Waals surface area contributed by atoms with E-state index in [1.165, 1.54) is 17.0 Å². The highest BCUT2D eigenvalue weighted by atomic mass is 32.1. The van der Waals surface area contributed by atoms with E-state index in [4.69, 9.17) is 5.84 Å². The first-order valence-corrected chi connectivity index (χ1v) is 6.99. The Morgan fingerprint density at radius 2 is 1.80 bits per heavy atom. The average molecular weight is 300 g/mol. The van der Waals surface area contributed by atoms with Gasteiger partial charge in [-0.05, 0) is 36.2 Å². The second-order valence-electron chi connectivity index (χ2n) is 4.38. The normalized spacial score (nSPS) is 13.4. The van der Waals surface area contributed by atoms with Gasteiger partial charge < -0.3 is 0 Å². The number of aryl methyl sites for hydroxylation is 1. The minimum Gasteiger partial charge on any atom is -0.271 e. The molecule has 0 fully saturated rings. The van der Waals surface area contributed by atoms with Crippen LogP contribution in [-0.2, 0) is 12.6 Å². The monoisotopic (exact) mass is 300 g/mol. The summed E-state index contributed by atoms with van der Waals surface area (Å²) in [5.41, 5.74) is 2.72. The Labute approximate surface area is 119 Å². The van der Waals surface area contributed by atoms with E-state index in [1.807, 2.05) is 12.1 Å². The fourth-order valence-electron chi connectivity index (χ4n) is 1.95. The molecule has 0 saturated heterocycles. The maximum absolute atomic E-state index is 12.5. The van der Waals surface area contributed by atoms with Gasteiger partial charge in [0.05, 0.1) is 11.6 Å². The Morgan fingerprint density at radius 1 is 1.15 bits per heavy atom. The number of thiophene rings is 1. The third kappa shape index (κ3) is 3.20. The highest BCUT2D eigenvalue weighted by Crippen LogP contribution is 2.32. The zero-order chi connectivity index (χ0) is 14.8. The Morgan fingerprint density at radius 3 is 2.25 bits per heavy atom. The van der Waals surface area contributed by atoms with Gasteiger partial charge in [0, 0.05) is 9.75 Å². The molecule has 2 rings (SSSR count). The molecule has 0 radical (unpaired) electrons. The summed E-state index contributed by atoms with van der Waals surface area (Å²) in [5.74, 6) is 5.55. The highest BCUT2D eigenvalue weighted by molar-refractivity contribution is 7.12. The van der Waals surface area contributed by atoms with Gasteiger partial charge in [-0.3, -0.25) is 5.84 Å². The molecule has 1 aromatic carbocycles. The molecule has 0 aliphatic rings. The summed E-state index contributed by atoms with van der Waals surface area (Å²) in [7, 11) is 0. The van der Waals surface area contributed by atoms with E-state index in [2.05, 4.69) is 12.3 Å². The number of alkyl halides is 3. The molecule has 1 aromatic heterocycles. The number of hydrogen-bond acceptors (Lipinski definition) is 3. The number of hydrogen-bond donors (Lipinski definition) is 2. The lowest BCUT2D eigenvalue weighted by Gasteiger charge is -2.15. The molecule has 0 amide bonds. The van der Waals surface area contributed by atoms with Crippen molar-refractivity contribution in [2.75, 3.05) is 0 Å². The molecular formula is C14H15F3N2S. The van der Waals surface area contributed by atoms with Gasteiger partial charge in [-0.15, -0.1) is 11.3 Å². The predicted octanol–water partition coefficient (Wildman–Crippen LogP) is 3.88. The van der Waals surface area contributed by atoms with Crippen LogP contribution in [0.4, 0.5) is 13.2 Å². The first-order valence-electron chi connectivity index (χ1n) is 6.17. The summed E-state index contributed by atoms with van der Waals surface area (Å²) in [5, 5.41) is 0. The summed E-state index contributed by atoms with van der Waals surface area (Å²) >= 11 is 1.61. The smallest absolute Gasteiger partial charge is 0.271 e. The van der Waals surface area contributed by atoms with Gasteiger partial charge in [0.2, 0.25) is 0 Å². The van der Waals surface area contributed by atoms with Crippen LogP contribution in [-0.4, -0.2) is 0 Å². The summed E-state index contributed by atoms with van der Waals surface area (Å²) < 4.78 is 37.6. The lowest BCUT2D eigenvalue weighted by atomic mass is 10.0. The molecule has 0 bridgehead atoms. The van der Waals surface area contributed by atoms with Crippen LogP contribution in [0.1, 0.15) is 33.8 Å². The summed E-state index contributed by atoms with van der Waals surface area (Å²) in [4.78, 5) is 2.20. The predicted molar refractivity (Wildman–Crippen MR) is 74.3 cm³/mol. The van der Waals surface area contributed by atoms with E-state index in [1.54, 1.807) is 11.3 Å². The lowest BCUT2D eigenvalue weighted by Crippen LogP contribution is -2.28. The average Bonchev–Trinajstić information content (AvgIpc) is 2.88. The third-order valence-electron chi connectivity index (χ3n) is 3.05. The number of hydrazine groups is 1. The Bertz CT molecular complexity index is 561. The van der Waals surface area contributed by atoms with Crippen molar-refractivity contribution < 1.29 is 13.2 Å². The molecular weight excluding hydrogens is 285 g/mol. The number of nitrogens with one attached hydrogen (secondary N) is 1. The molecule has 2 aromatic rings. The van der Waals surface area contributed by atoms with E-state index in [0.29, 0.717) is 5.56 Å². The van der Waals surface area contributed by atoms with Gasteiger partial charge in [0.1, 0.15) is 0 Å². The van der Waals surface area contributed by atoms with Crippen LogP contribution < -0.4 is 11.3 Å². The SMILES string of the molecule is CCc1ccc(C(NN)c2ccc(C(F)(F)F)cc2)s1. The minimum atomic E-state index is -4.32. The van der Waals surface area contributed by atoms with Gasteiger partial charge in [0.15, 0.2) is 0 Å². The number of rotatable bonds is 4. The number of benzene rings is 1. The number of halogens is 3. The lowest BCUT2D eigenvalue weighted by molar-refractivity contribution is -0.137. The molecule has 20 heavy (non-hydrogen) atoms. The zero-order valence-electron chi connectivity index (χ0n) is 10.9. The van der Waals surface area contributed by atoms with Gasteiger partial charge in [-0.1, -0.05) is 19.1 Å². The van der Waals surface area contributed by atoms with E-state index in [0.717, 1.165) is 23.4 Å². The van der Waals surface area contributed by atoms with Crippen molar-refractivity contribution in [1.82, 2.24) is 5.43 Å². The summed E-state index contributed by atoms with van der Waals surface area (Å²) in [6.45, 7) is 2.05. The van der Waals surface area contributed by atoms with Crippen molar-refractivity contribution >= 4 is 11.3 Å². The van der Waals surface area contributed by atoms with Crippen LogP contribution in [0.15, 0.2) is 36.4 Å². The number of nitrogens with two attached hydrogens (primary N) is 1. The maximum atomic E-state index is 12.5. The quantitative estimate of drug-likeness (QED) is 0.664. The topological polar surface area (TPSA) is 38.0 Å². The van der Waals surface area contributed by atoms with Gasteiger partial charge >= 0.3 is 6.18 Å². The maximum Gasteiger partial charge on any atom is 0.416 e. The van der Waals surface area contributed by atoms with Crippen molar-refractivity contribution in [2.45, 2.75) is 25.6 Å². The molecule has 108 valence electrons. The van der Waals surface area contributed by atoms with Crippen molar-refractivity contribution in [3.05, 3.63) is 57.3 Å². The molecule has 0 spiro atoms. The van der Waals surface area contributed by atoms with Crippen LogP contribution in [0.25, 0.3) is 0 Å². The van der Waals surface area contributed by atoms with Crippen LogP contribution in [0.3, 0.4) is 0 Å². The fraction of sp³-hybridized carbons (Fsp3) is 0.286. The van der Waals surface area contributed by atoms with E-state index >= 15 is 0 Å². The van der Waals surface area contributed by atoms with Crippen molar-refractivity contribution in [3.8, 4) is 0 Å². The van der Waals surface area contributed by atoms with Crippen molar-refractivity contribution in [3.63, 3.8) is 0 Å². The van der Waals surface area contributed by atoms with E-state index < -0.39 is 11.7 Å². The van der Waals surface area contributed by atoms with Crippen molar-refractivity contribution in [1.29, 1.82) is 0 Å². The summed E-state index contributed by atoms with van der Waals surface area (Å²) in [6, 6.07) is 8.74. The highest BCUT2D eigenvalue weighted by Gasteiger charge is 2.30. The Balaban J connectivity index is 2.28. The summed E-state index contributed by atoms with van der Waals surface area (Å²) in [6.07, 6.45) is -3.39. The second kappa shape index (κ2) is 5.95. The van der Waals surface area contributed by atoms with Crippen LogP contribution in [0.2, 0.25) is 0 Å². The van der Waals surface area contributed by atoms with E-state index in [-0.39, 0.29) is 6.04 Å². The van der Waals surface area contributed by atoms with E-state index in [9.17, 15) is 13.2 Å². The molecule has 0 aliphatic carbocycles. The minimum absolute atomic E-state index is 0.289. The van der Waals surface area contributed by atoms with Crippen LogP contribution in [0.5, 0.6) is 0 Å². The Hall–Kier alpha value is -1.37. The van der Waals surface area contributed by atoms with Gasteiger partial charge in [0.25, 0.3) is 0 Å². The fourth-order valence-corrected chi connectivity index (χ4v) is 2.99. The second-order valence-corrected chi connectivity index (χ2v) is 5.58. The first kappa shape index (κ1) is 15.0. The zero-order valence-corrected chi connectivity index (χ0v) is 11.7. The Kier molecular flexibility index (Phi) is 4.47. The van der Waals surface area contributed by atoms with Gasteiger partial charge in [-0.2, -0.15) is 13.2 Å². The standard InChI is InChI=1S/C14H15F3N2S/c1-2-11-7-8-12(20-11)13(19-18)9-3-5-10(6-4-9)14(15,16)17/h3-8,13,19H,2,18H2,1H3. The van der Waals surface area contributed by atoms with Crippen molar-refractivity contribution in [2.24, 2.45) is 5.84 Å². The molecule has 3 N–H and O–H groups in total. The van der Waals surface area contributed by atoms with Crippen LogP contribution >= 0.6 is 11.3 Å². The molecule has 6 heteroatoms. The molecule has 1 atom stereocenters. The third-order valence-corrected chi connectivity index (χ3v) is 4.35. The molecule has 1 heterocycles. The molecule has 0 saturated carbocycles. The van der Waals surface area contributed by atoms with Gasteiger partial charge in [-0.25, -0.2) is 5.43 Å².